The van der Waals surface area contributed by atoms with Crippen LogP contribution >= 0.6 is 0 Å². The molecular weight excluding hydrogens is 745 g/mol. The third-order valence-corrected chi connectivity index (χ3v) is 11.4. The number of rotatable bonds is 47. The zero-order valence-corrected chi connectivity index (χ0v) is 40.0. The van der Waals surface area contributed by atoms with E-state index in [4.69, 9.17) is 14.2 Å². The maximum absolute atomic E-state index is 12.8. The van der Waals surface area contributed by atoms with E-state index in [0.29, 0.717) is 19.3 Å². The van der Waals surface area contributed by atoms with Gasteiger partial charge in [0, 0.05) is 19.3 Å². The number of carbonyl (C=O) groups is 3. The molecule has 0 saturated heterocycles. The van der Waals surface area contributed by atoms with E-state index < -0.39 is 6.10 Å². The first-order valence-electron chi connectivity index (χ1n) is 26.0. The molecule has 0 bridgehead atoms. The highest BCUT2D eigenvalue weighted by Gasteiger charge is 2.19. The van der Waals surface area contributed by atoms with Gasteiger partial charge in [-0.05, 0) is 51.4 Å². The van der Waals surface area contributed by atoms with Crippen molar-refractivity contribution in [3.05, 3.63) is 36.5 Å². The molecule has 0 spiro atoms. The van der Waals surface area contributed by atoms with Gasteiger partial charge in [0.15, 0.2) is 6.10 Å². The molecular formula is C54H98O6. The van der Waals surface area contributed by atoms with Gasteiger partial charge in [-0.15, -0.1) is 0 Å². The van der Waals surface area contributed by atoms with E-state index in [1.165, 1.54) is 148 Å². The van der Waals surface area contributed by atoms with Crippen molar-refractivity contribution in [3.8, 4) is 0 Å². The Balaban J connectivity index is 4.36. The Morgan fingerprint density at radius 1 is 0.350 bits per heavy atom. The molecule has 0 aliphatic heterocycles. The average Bonchev–Trinajstić information content (AvgIpc) is 3.24. The Hall–Kier alpha value is -2.37. The minimum absolute atomic E-state index is 0.0720. The second-order valence-corrected chi connectivity index (χ2v) is 17.4. The molecule has 0 rings (SSSR count). The van der Waals surface area contributed by atoms with E-state index in [9.17, 15) is 14.4 Å². The van der Waals surface area contributed by atoms with Gasteiger partial charge in [0.25, 0.3) is 0 Å². The third-order valence-electron chi connectivity index (χ3n) is 11.4. The molecule has 60 heavy (non-hydrogen) atoms. The number of allylic oxidation sites excluding steroid dienone is 6. The van der Waals surface area contributed by atoms with Gasteiger partial charge in [-0.2, -0.15) is 0 Å². The highest BCUT2D eigenvalue weighted by Crippen LogP contribution is 2.16. The van der Waals surface area contributed by atoms with Gasteiger partial charge in [-0.3, -0.25) is 14.4 Å². The summed E-state index contributed by atoms with van der Waals surface area (Å²) in [5.74, 6) is -0.873. The fourth-order valence-electron chi connectivity index (χ4n) is 7.52. The maximum Gasteiger partial charge on any atom is 0.306 e. The molecule has 0 amide bonds. The summed E-state index contributed by atoms with van der Waals surface area (Å²) in [5, 5.41) is 0. The van der Waals surface area contributed by atoms with Gasteiger partial charge in [-0.1, -0.05) is 237 Å². The van der Waals surface area contributed by atoms with Crippen LogP contribution in [0, 0.1) is 0 Å². The van der Waals surface area contributed by atoms with Crippen LogP contribution < -0.4 is 0 Å². The fourth-order valence-corrected chi connectivity index (χ4v) is 7.52. The van der Waals surface area contributed by atoms with E-state index in [-0.39, 0.29) is 31.1 Å². The molecule has 0 radical (unpaired) electrons. The maximum atomic E-state index is 12.8. The highest BCUT2D eigenvalue weighted by atomic mass is 16.6. The van der Waals surface area contributed by atoms with E-state index in [0.717, 1.165) is 83.5 Å². The SMILES string of the molecule is CC/C=C\C/C=C\C/C=C\CCCCCCCCC(=O)OCC(COC(=O)CCCCCCCCCCCCCC)OC(=O)CCCCCCCCCCCCCCCC. The lowest BCUT2D eigenvalue weighted by Crippen LogP contribution is -2.30. The lowest BCUT2D eigenvalue weighted by molar-refractivity contribution is -0.167. The topological polar surface area (TPSA) is 78.9 Å². The molecule has 6 heteroatoms. The Bertz CT molecular complexity index is 1020. The number of hydrogen-bond donors (Lipinski definition) is 0. The Labute approximate surface area is 372 Å². The lowest BCUT2D eigenvalue weighted by atomic mass is 10.0. The van der Waals surface area contributed by atoms with Crippen LogP contribution in [0.25, 0.3) is 0 Å². The van der Waals surface area contributed by atoms with Crippen molar-refractivity contribution in [2.75, 3.05) is 13.2 Å². The van der Waals surface area contributed by atoms with Gasteiger partial charge in [0.2, 0.25) is 0 Å². The molecule has 0 aliphatic rings. The number of unbranched alkanes of at least 4 members (excludes halogenated alkanes) is 30. The molecule has 0 N–H and O–H groups in total. The van der Waals surface area contributed by atoms with Crippen molar-refractivity contribution in [2.45, 2.75) is 277 Å². The summed E-state index contributed by atoms with van der Waals surface area (Å²) in [5.41, 5.74) is 0. The summed E-state index contributed by atoms with van der Waals surface area (Å²) >= 11 is 0. The average molecular weight is 843 g/mol. The van der Waals surface area contributed by atoms with Crippen LogP contribution in [-0.2, 0) is 28.6 Å². The first kappa shape index (κ1) is 57.6. The minimum Gasteiger partial charge on any atom is -0.462 e. The van der Waals surface area contributed by atoms with Crippen molar-refractivity contribution in [3.63, 3.8) is 0 Å². The highest BCUT2D eigenvalue weighted by molar-refractivity contribution is 5.71. The minimum atomic E-state index is -0.771. The van der Waals surface area contributed by atoms with Gasteiger partial charge in [0.05, 0.1) is 0 Å². The number of ether oxygens (including phenoxy) is 3. The number of hydrogen-bond acceptors (Lipinski definition) is 6. The van der Waals surface area contributed by atoms with Gasteiger partial charge >= 0.3 is 17.9 Å². The number of carbonyl (C=O) groups excluding carboxylic acids is 3. The second-order valence-electron chi connectivity index (χ2n) is 17.4. The van der Waals surface area contributed by atoms with Crippen molar-refractivity contribution in [1.29, 1.82) is 0 Å². The van der Waals surface area contributed by atoms with Crippen molar-refractivity contribution < 1.29 is 28.6 Å². The molecule has 0 aromatic carbocycles. The zero-order chi connectivity index (χ0) is 43.7. The van der Waals surface area contributed by atoms with Crippen molar-refractivity contribution in [2.24, 2.45) is 0 Å². The van der Waals surface area contributed by atoms with Gasteiger partial charge in [-0.25, -0.2) is 0 Å². The number of esters is 3. The largest absolute Gasteiger partial charge is 0.462 e. The van der Waals surface area contributed by atoms with Gasteiger partial charge < -0.3 is 14.2 Å². The van der Waals surface area contributed by atoms with E-state index in [1.807, 2.05) is 0 Å². The summed E-state index contributed by atoms with van der Waals surface area (Å²) in [7, 11) is 0. The molecule has 0 heterocycles. The molecule has 0 aliphatic carbocycles. The Morgan fingerprint density at radius 3 is 1.02 bits per heavy atom. The molecule has 0 aromatic heterocycles. The lowest BCUT2D eigenvalue weighted by Gasteiger charge is -2.18. The van der Waals surface area contributed by atoms with Crippen LogP contribution in [0.1, 0.15) is 271 Å². The van der Waals surface area contributed by atoms with E-state index in [2.05, 4.69) is 57.2 Å². The molecule has 1 atom stereocenters. The van der Waals surface area contributed by atoms with Crippen LogP contribution in [-0.4, -0.2) is 37.2 Å². The van der Waals surface area contributed by atoms with Crippen molar-refractivity contribution in [1.82, 2.24) is 0 Å². The van der Waals surface area contributed by atoms with Crippen LogP contribution in [0.2, 0.25) is 0 Å². The van der Waals surface area contributed by atoms with Crippen LogP contribution in [0.3, 0.4) is 0 Å². The third kappa shape index (κ3) is 46.7. The molecule has 6 nitrogen and oxygen atoms in total. The quantitative estimate of drug-likeness (QED) is 0.0263. The predicted octanol–water partition coefficient (Wildman–Crippen LogP) is 16.9. The molecule has 350 valence electrons. The summed E-state index contributed by atoms with van der Waals surface area (Å²) < 4.78 is 16.8. The van der Waals surface area contributed by atoms with Crippen LogP contribution in [0.5, 0.6) is 0 Å². The zero-order valence-electron chi connectivity index (χ0n) is 40.0. The molecule has 0 aromatic rings. The summed E-state index contributed by atoms with van der Waals surface area (Å²) in [6.07, 6.45) is 56.9. The Kier molecular flexibility index (Phi) is 47.3. The molecule has 0 saturated carbocycles. The monoisotopic (exact) mass is 843 g/mol. The van der Waals surface area contributed by atoms with Crippen LogP contribution in [0.15, 0.2) is 36.5 Å². The Morgan fingerprint density at radius 2 is 0.650 bits per heavy atom. The summed E-state index contributed by atoms with van der Waals surface area (Å²) in [6, 6.07) is 0. The fraction of sp³-hybridized carbons (Fsp3) is 0.833. The normalized spacial score (nSPS) is 12.2. The van der Waals surface area contributed by atoms with E-state index >= 15 is 0 Å². The predicted molar refractivity (Wildman–Crippen MR) is 256 cm³/mol. The molecule has 1 unspecified atom stereocenters. The first-order valence-corrected chi connectivity index (χ1v) is 26.0. The summed E-state index contributed by atoms with van der Waals surface area (Å²) in [6.45, 7) is 6.54. The summed E-state index contributed by atoms with van der Waals surface area (Å²) in [4.78, 5) is 37.9. The van der Waals surface area contributed by atoms with Gasteiger partial charge in [0.1, 0.15) is 13.2 Å². The van der Waals surface area contributed by atoms with Crippen molar-refractivity contribution >= 4 is 17.9 Å². The van der Waals surface area contributed by atoms with Crippen LogP contribution in [0.4, 0.5) is 0 Å². The smallest absolute Gasteiger partial charge is 0.306 e. The van der Waals surface area contributed by atoms with E-state index in [1.54, 1.807) is 0 Å². The first-order chi connectivity index (χ1) is 29.5. The standard InChI is InChI=1S/C54H98O6/c1-4-7-10-13-16-19-22-25-27-28-30-32-35-38-41-44-47-53(56)59-50-51(49-58-52(55)46-43-40-37-34-31-24-21-18-15-12-9-6-3)60-54(57)48-45-42-39-36-33-29-26-23-20-17-14-11-8-5-2/h7,10,16,19,25,27,51H,4-6,8-9,11-15,17-18,20-24,26,28-50H2,1-3H3/b10-7-,19-16-,27-25-. The molecule has 0 fully saturated rings. The second kappa shape index (κ2) is 49.3.